The van der Waals surface area contributed by atoms with Crippen LogP contribution >= 0.6 is 0 Å². The number of aromatic nitrogens is 2. The average Bonchev–Trinajstić information content (AvgIpc) is 2.71. The van der Waals surface area contributed by atoms with E-state index < -0.39 is 5.91 Å². The van der Waals surface area contributed by atoms with Gasteiger partial charge in [-0.2, -0.15) is 4.79 Å². The van der Waals surface area contributed by atoms with Crippen LogP contribution in [0.3, 0.4) is 0 Å². The van der Waals surface area contributed by atoms with E-state index in [9.17, 15) is 4.79 Å². The summed E-state index contributed by atoms with van der Waals surface area (Å²) in [6.07, 6.45) is 4.31. The van der Waals surface area contributed by atoms with E-state index in [0.29, 0.717) is 5.71 Å². The van der Waals surface area contributed by atoms with Gasteiger partial charge in [0.1, 0.15) is 0 Å². The van der Waals surface area contributed by atoms with Crippen molar-refractivity contribution in [2.45, 2.75) is 6.92 Å². The van der Waals surface area contributed by atoms with Crippen molar-refractivity contribution in [2.75, 3.05) is 5.32 Å². The fourth-order valence-corrected chi connectivity index (χ4v) is 1.20. The fraction of sp³-hybridized carbons (Fsp3) is 0.111. The average molecular weight is 229 g/mol. The number of hydrogen-bond acceptors (Lipinski definition) is 5. The lowest BCUT2D eigenvalue weighted by atomic mass is 10.1. The molecule has 2 rings (SSSR count). The maximum Gasteiger partial charge on any atom is 0.371 e. The molecule has 0 aromatic carbocycles. The van der Waals surface area contributed by atoms with Crippen LogP contribution in [0.2, 0.25) is 0 Å². The minimum Gasteiger partial charge on any atom is -0.361 e. The predicted molar refractivity (Wildman–Crippen MR) is 59.8 cm³/mol. The number of rotatable bonds is 2. The molecule has 0 saturated carbocycles. The SMILES string of the molecule is CC1=NN=C(C(=O)Nc2cnccn2)C1=[N+]=[N-]. The summed E-state index contributed by atoms with van der Waals surface area (Å²) >= 11 is 0. The molecule has 1 aromatic heterocycles. The largest absolute Gasteiger partial charge is 0.371 e. The Morgan fingerprint density at radius 2 is 2.24 bits per heavy atom. The smallest absolute Gasteiger partial charge is 0.361 e. The van der Waals surface area contributed by atoms with Crippen molar-refractivity contribution in [2.24, 2.45) is 10.2 Å². The molecule has 1 amide bonds. The van der Waals surface area contributed by atoms with Gasteiger partial charge < -0.3 is 10.8 Å². The van der Waals surface area contributed by atoms with Crippen LogP contribution in [0.5, 0.6) is 0 Å². The molecule has 0 atom stereocenters. The van der Waals surface area contributed by atoms with E-state index in [1.807, 2.05) is 0 Å². The Balaban J connectivity index is 2.16. The van der Waals surface area contributed by atoms with E-state index in [4.69, 9.17) is 5.53 Å². The Morgan fingerprint density at radius 3 is 2.88 bits per heavy atom. The summed E-state index contributed by atoms with van der Waals surface area (Å²) in [5, 5.41) is 9.73. The Hall–Kier alpha value is -2.73. The number of amides is 1. The van der Waals surface area contributed by atoms with Gasteiger partial charge in [-0.05, 0) is 6.92 Å². The normalized spacial score (nSPS) is 13.8. The third-order valence-corrected chi connectivity index (χ3v) is 1.99. The molecule has 0 radical (unpaired) electrons. The van der Waals surface area contributed by atoms with Gasteiger partial charge in [0, 0.05) is 12.4 Å². The predicted octanol–water partition coefficient (Wildman–Crippen LogP) is -0.0836. The van der Waals surface area contributed by atoms with E-state index in [1.165, 1.54) is 18.6 Å². The van der Waals surface area contributed by atoms with Crippen molar-refractivity contribution < 1.29 is 9.58 Å². The Labute approximate surface area is 95.7 Å². The lowest BCUT2D eigenvalue weighted by Crippen LogP contribution is -2.32. The molecule has 1 N–H and O–H groups in total. The van der Waals surface area contributed by atoms with Gasteiger partial charge in [-0.15, -0.1) is 10.2 Å². The highest BCUT2D eigenvalue weighted by molar-refractivity contribution is 6.82. The first kappa shape index (κ1) is 10.8. The Bertz CT molecular complexity index is 568. The van der Waals surface area contributed by atoms with Crippen LogP contribution in [0.1, 0.15) is 6.92 Å². The summed E-state index contributed by atoms with van der Waals surface area (Å²) in [4.78, 5) is 22.4. The number of nitrogens with one attached hydrogen (secondary N) is 1. The first-order valence-electron chi connectivity index (χ1n) is 4.65. The zero-order valence-corrected chi connectivity index (χ0v) is 8.82. The number of hydrogen-bond donors (Lipinski definition) is 1. The van der Waals surface area contributed by atoms with Crippen molar-refractivity contribution in [1.82, 2.24) is 9.97 Å². The van der Waals surface area contributed by atoms with Gasteiger partial charge in [-0.25, -0.2) is 4.98 Å². The van der Waals surface area contributed by atoms with Gasteiger partial charge in [-0.1, -0.05) is 0 Å². The van der Waals surface area contributed by atoms with Gasteiger partial charge in [0.05, 0.1) is 6.20 Å². The summed E-state index contributed by atoms with van der Waals surface area (Å²) in [5.74, 6) is -0.277. The maximum atomic E-state index is 11.8. The molecular formula is C9H7N7O. The van der Waals surface area contributed by atoms with E-state index in [0.717, 1.165) is 0 Å². The molecule has 17 heavy (non-hydrogen) atoms. The molecule has 8 nitrogen and oxygen atoms in total. The third kappa shape index (κ3) is 2.11. The Kier molecular flexibility index (Phi) is 2.80. The molecule has 1 aliphatic heterocycles. The van der Waals surface area contributed by atoms with Crippen LogP contribution in [-0.4, -0.2) is 37.8 Å². The van der Waals surface area contributed by atoms with E-state index >= 15 is 0 Å². The first-order chi connectivity index (χ1) is 8.22. The number of anilines is 1. The van der Waals surface area contributed by atoms with Crippen molar-refractivity contribution in [3.8, 4) is 0 Å². The van der Waals surface area contributed by atoms with Crippen molar-refractivity contribution in [1.29, 1.82) is 0 Å². The number of nitrogens with zero attached hydrogens (tertiary/aromatic N) is 6. The molecule has 0 saturated heterocycles. The van der Waals surface area contributed by atoms with E-state index in [-0.39, 0.29) is 17.2 Å². The topological polar surface area (TPSA) is 116 Å². The third-order valence-electron chi connectivity index (χ3n) is 1.99. The first-order valence-corrected chi connectivity index (χ1v) is 4.65. The molecule has 2 heterocycles. The van der Waals surface area contributed by atoms with E-state index in [1.54, 1.807) is 6.92 Å². The van der Waals surface area contributed by atoms with Crippen molar-refractivity contribution >= 4 is 28.9 Å². The minimum absolute atomic E-state index is 0.0476. The van der Waals surface area contributed by atoms with Crippen LogP contribution in [-0.2, 0) is 4.79 Å². The summed E-state index contributed by atoms with van der Waals surface area (Å²) in [7, 11) is 0. The van der Waals surface area contributed by atoms with Crippen LogP contribution in [0.15, 0.2) is 28.8 Å². The summed E-state index contributed by atoms with van der Waals surface area (Å²) in [6.45, 7) is 1.58. The quantitative estimate of drug-likeness (QED) is 0.564. The highest BCUT2D eigenvalue weighted by Gasteiger charge is 2.32. The zero-order valence-electron chi connectivity index (χ0n) is 8.82. The van der Waals surface area contributed by atoms with Crippen molar-refractivity contribution in [3.63, 3.8) is 0 Å². The molecule has 0 aliphatic carbocycles. The highest BCUT2D eigenvalue weighted by Crippen LogP contribution is 2.02. The molecule has 0 spiro atoms. The minimum atomic E-state index is -0.557. The van der Waals surface area contributed by atoms with E-state index in [2.05, 4.69) is 30.3 Å². The number of carbonyl (C=O) groups is 1. The summed E-state index contributed by atoms with van der Waals surface area (Å²) in [5.41, 5.74) is 9.10. The molecular weight excluding hydrogens is 222 g/mol. The second kappa shape index (κ2) is 4.42. The standard InChI is InChI=1S/C9H7N7O/c1-5-7(14-10)8(16-15-5)9(17)13-6-4-11-2-3-12-6/h2-4H,1H3,(H,12,13,17). The lowest BCUT2D eigenvalue weighted by Gasteiger charge is -1.99. The van der Waals surface area contributed by atoms with Gasteiger partial charge in [0.2, 0.25) is 5.71 Å². The lowest BCUT2D eigenvalue weighted by molar-refractivity contribution is -0.110. The zero-order chi connectivity index (χ0) is 12.3. The highest BCUT2D eigenvalue weighted by atomic mass is 16.2. The molecule has 1 aromatic rings. The maximum absolute atomic E-state index is 11.8. The van der Waals surface area contributed by atoms with Gasteiger partial charge in [0.25, 0.3) is 5.91 Å². The van der Waals surface area contributed by atoms with Crippen molar-refractivity contribution in [3.05, 3.63) is 24.1 Å². The molecule has 84 valence electrons. The Morgan fingerprint density at radius 1 is 1.41 bits per heavy atom. The van der Waals surface area contributed by atoms with Crippen LogP contribution in [0.25, 0.3) is 5.53 Å². The molecule has 0 fully saturated rings. The summed E-state index contributed by atoms with van der Waals surface area (Å²) < 4.78 is 0. The second-order valence-corrected chi connectivity index (χ2v) is 3.13. The molecule has 1 aliphatic rings. The monoisotopic (exact) mass is 229 g/mol. The van der Waals surface area contributed by atoms with Gasteiger partial charge in [-0.3, -0.25) is 9.78 Å². The number of carbonyl (C=O) groups excluding carboxylic acids is 1. The molecule has 8 heteroatoms. The van der Waals surface area contributed by atoms with Gasteiger partial charge in [0.15, 0.2) is 11.5 Å². The van der Waals surface area contributed by atoms with Gasteiger partial charge >= 0.3 is 5.71 Å². The second-order valence-electron chi connectivity index (χ2n) is 3.13. The van der Waals surface area contributed by atoms with Crippen LogP contribution in [0.4, 0.5) is 5.82 Å². The van der Waals surface area contributed by atoms with Crippen LogP contribution < -0.4 is 5.32 Å². The van der Waals surface area contributed by atoms with Crippen LogP contribution in [0, 0.1) is 0 Å². The fourth-order valence-electron chi connectivity index (χ4n) is 1.20. The molecule has 0 bridgehead atoms. The molecule has 0 unspecified atom stereocenters. The summed E-state index contributed by atoms with van der Waals surface area (Å²) in [6, 6.07) is 0.